The Morgan fingerprint density at radius 2 is 2.00 bits per heavy atom. The van der Waals surface area contributed by atoms with Crippen LogP contribution in [0.4, 0.5) is 5.13 Å². The first-order chi connectivity index (χ1) is 12.1. The Morgan fingerprint density at radius 3 is 2.68 bits per heavy atom. The fourth-order valence-corrected chi connectivity index (χ4v) is 4.37. The van der Waals surface area contributed by atoms with Gasteiger partial charge in [0.1, 0.15) is 13.1 Å². The number of nitrogens with zero attached hydrogens (tertiary/aromatic N) is 2. The molecule has 0 unspecified atom stereocenters. The van der Waals surface area contributed by atoms with Gasteiger partial charge in [-0.25, -0.2) is 4.98 Å². The van der Waals surface area contributed by atoms with Crippen molar-refractivity contribution in [2.45, 2.75) is 33.6 Å². The van der Waals surface area contributed by atoms with Crippen molar-refractivity contribution in [1.82, 2.24) is 4.98 Å². The molecule has 1 aliphatic heterocycles. The first kappa shape index (κ1) is 18.3. The molecule has 1 aromatic carbocycles. The van der Waals surface area contributed by atoms with Crippen LogP contribution in [0.5, 0.6) is 0 Å². The predicted molar refractivity (Wildman–Crippen MR) is 103 cm³/mol. The van der Waals surface area contributed by atoms with E-state index in [1.165, 1.54) is 20.7 Å². The predicted octanol–water partition coefficient (Wildman–Crippen LogP) is 1.96. The van der Waals surface area contributed by atoms with Crippen LogP contribution in [-0.4, -0.2) is 50.3 Å². The average molecular weight is 363 g/mol. The number of hydrogen-bond acceptors (Lipinski definition) is 4. The number of aryl methyl sites for hydroxylation is 2. The molecule has 1 amide bonds. The lowest BCUT2D eigenvalue weighted by Crippen LogP contribution is -3.14. The highest BCUT2D eigenvalue weighted by atomic mass is 32.1. The van der Waals surface area contributed by atoms with Gasteiger partial charge >= 0.3 is 0 Å². The number of carbonyl (C=O) groups is 1. The number of hydrogen-bond donors (Lipinski definition) is 1. The maximum atomic E-state index is 12.7. The monoisotopic (exact) mass is 362 g/mol. The molecule has 1 N–H and O–H groups in total. The van der Waals surface area contributed by atoms with Gasteiger partial charge in [-0.3, -0.25) is 9.69 Å². The highest BCUT2D eigenvalue weighted by molar-refractivity contribution is 7.22. The number of amides is 1. The normalized spacial score (nSPS) is 15.6. The number of nitrogens with one attached hydrogen (secondary N) is 1. The van der Waals surface area contributed by atoms with Crippen LogP contribution in [0.1, 0.15) is 30.9 Å². The minimum atomic E-state index is 0.185. The summed E-state index contributed by atoms with van der Waals surface area (Å²) < 4.78 is 6.63. The number of anilines is 1. The molecule has 3 rings (SSSR count). The molecule has 0 atom stereocenters. The molecule has 2 aromatic rings. The number of morpholine rings is 1. The summed E-state index contributed by atoms with van der Waals surface area (Å²) in [5.74, 6) is 0.185. The molecule has 1 fully saturated rings. The van der Waals surface area contributed by atoms with Gasteiger partial charge in [0, 0.05) is 6.42 Å². The number of quaternary nitrogens is 1. The zero-order chi connectivity index (χ0) is 17.8. The lowest BCUT2D eigenvalue weighted by Gasteiger charge is -2.26. The molecule has 1 saturated heterocycles. The topological polar surface area (TPSA) is 46.9 Å². The number of fused-ring (bicyclic) bond motifs is 1. The van der Waals surface area contributed by atoms with Gasteiger partial charge in [-0.2, -0.15) is 0 Å². The average Bonchev–Trinajstić information content (AvgIpc) is 3.06. The number of benzene rings is 1. The first-order valence-corrected chi connectivity index (χ1v) is 10.00. The van der Waals surface area contributed by atoms with E-state index < -0.39 is 0 Å². The van der Waals surface area contributed by atoms with E-state index in [1.54, 1.807) is 11.3 Å². The standard InChI is InChI=1S/C19H27N3O2S/c1-4-5-16(23)22(9-8-21-10-12-24-13-11-21)19-20-17-14(2)6-7-15(3)18(17)25-19/h6-7H,4-5,8-13H2,1-3H3/p+1. The van der Waals surface area contributed by atoms with Crippen molar-refractivity contribution in [2.24, 2.45) is 0 Å². The van der Waals surface area contributed by atoms with Gasteiger partial charge in [-0.05, 0) is 31.4 Å². The number of ether oxygens (including phenoxy) is 1. The van der Waals surface area contributed by atoms with Crippen LogP contribution in [0.3, 0.4) is 0 Å². The molecule has 0 bridgehead atoms. The van der Waals surface area contributed by atoms with Crippen molar-refractivity contribution in [3.8, 4) is 0 Å². The Balaban J connectivity index is 1.84. The van der Waals surface area contributed by atoms with Gasteiger partial charge in [0.25, 0.3) is 0 Å². The van der Waals surface area contributed by atoms with Crippen molar-refractivity contribution < 1.29 is 14.4 Å². The zero-order valence-electron chi connectivity index (χ0n) is 15.4. The van der Waals surface area contributed by atoms with Crippen molar-refractivity contribution >= 4 is 32.6 Å². The molecule has 1 aliphatic rings. The van der Waals surface area contributed by atoms with Crippen LogP contribution in [0.25, 0.3) is 10.2 Å². The van der Waals surface area contributed by atoms with E-state index in [0.29, 0.717) is 6.42 Å². The summed E-state index contributed by atoms with van der Waals surface area (Å²) in [4.78, 5) is 21.0. The second kappa shape index (κ2) is 8.25. The van der Waals surface area contributed by atoms with Crippen molar-refractivity contribution in [2.75, 3.05) is 44.3 Å². The van der Waals surface area contributed by atoms with E-state index in [2.05, 4.69) is 32.9 Å². The lowest BCUT2D eigenvalue weighted by molar-refractivity contribution is -0.906. The Kier molecular flexibility index (Phi) is 6.04. The highest BCUT2D eigenvalue weighted by Crippen LogP contribution is 2.33. The summed E-state index contributed by atoms with van der Waals surface area (Å²) in [6, 6.07) is 4.24. The summed E-state index contributed by atoms with van der Waals surface area (Å²) in [7, 11) is 0. The molecule has 2 heterocycles. The molecule has 0 aliphatic carbocycles. The van der Waals surface area contributed by atoms with Crippen molar-refractivity contribution in [3.05, 3.63) is 23.3 Å². The number of thiazole rings is 1. The molecule has 6 heteroatoms. The smallest absolute Gasteiger partial charge is 0.228 e. The maximum Gasteiger partial charge on any atom is 0.228 e. The Hall–Kier alpha value is -1.50. The van der Waals surface area contributed by atoms with Crippen LogP contribution in [0.2, 0.25) is 0 Å². The van der Waals surface area contributed by atoms with Gasteiger partial charge in [-0.15, -0.1) is 0 Å². The molecule has 25 heavy (non-hydrogen) atoms. The third-order valence-electron chi connectivity index (χ3n) is 4.82. The van der Waals surface area contributed by atoms with E-state index in [1.807, 2.05) is 4.90 Å². The highest BCUT2D eigenvalue weighted by Gasteiger charge is 2.23. The Labute approximate surface area is 153 Å². The van der Waals surface area contributed by atoms with Gasteiger partial charge in [0.2, 0.25) is 5.91 Å². The molecule has 0 spiro atoms. The fraction of sp³-hybridized carbons (Fsp3) is 0.579. The molecule has 5 nitrogen and oxygen atoms in total. The molecular formula is C19H28N3O2S+. The van der Waals surface area contributed by atoms with Crippen LogP contribution in [0.15, 0.2) is 12.1 Å². The van der Waals surface area contributed by atoms with Gasteiger partial charge in [0.15, 0.2) is 5.13 Å². The van der Waals surface area contributed by atoms with E-state index in [9.17, 15) is 4.79 Å². The minimum Gasteiger partial charge on any atom is -0.370 e. The van der Waals surface area contributed by atoms with Gasteiger partial charge in [-0.1, -0.05) is 30.4 Å². The second-order valence-corrected chi connectivity index (χ2v) is 7.76. The Bertz CT molecular complexity index is 699. The Morgan fingerprint density at radius 1 is 1.28 bits per heavy atom. The maximum absolute atomic E-state index is 12.7. The first-order valence-electron chi connectivity index (χ1n) is 9.18. The summed E-state index contributed by atoms with van der Waals surface area (Å²) >= 11 is 1.65. The number of carbonyl (C=O) groups excluding carboxylic acids is 1. The fourth-order valence-electron chi connectivity index (χ4n) is 3.22. The van der Waals surface area contributed by atoms with Crippen molar-refractivity contribution in [3.63, 3.8) is 0 Å². The minimum absolute atomic E-state index is 0.185. The number of rotatable bonds is 6. The summed E-state index contributed by atoms with van der Waals surface area (Å²) in [6.07, 6.45) is 1.44. The van der Waals surface area contributed by atoms with Crippen LogP contribution < -0.4 is 9.80 Å². The molecule has 1 aromatic heterocycles. The van der Waals surface area contributed by atoms with E-state index in [4.69, 9.17) is 9.72 Å². The summed E-state index contributed by atoms with van der Waals surface area (Å²) in [5, 5.41) is 0.846. The zero-order valence-corrected chi connectivity index (χ0v) is 16.2. The molecular weight excluding hydrogens is 334 g/mol. The van der Waals surface area contributed by atoms with Gasteiger partial charge in [0.05, 0.1) is 36.5 Å². The SMILES string of the molecule is CCCC(=O)N(CC[NH+]1CCOCC1)c1nc2c(C)ccc(C)c2s1. The molecule has 0 saturated carbocycles. The summed E-state index contributed by atoms with van der Waals surface area (Å²) in [6.45, 7) is 11.6. The van der Waals surface area contributed by atoms with Gasteiger partial charge < -0.3 is 9.64 Å². The van der Waals surface area contributed by atoms with Crippen LogP contribution in [0, 0.1) is 13.8 Å². The quantitative estimate of drug-likeness (QED) is 0.855. The van der Waals surface area contributed by atoms with Crippen LogP contribution in [-0.2, 0) is 9.53 Å². The lowest BCUT2D eigenvalue weighted by atomic mass is 10.1. The molecule has 136 valence electrons. The van der Waals surface area contributed by atoms with E-state index >= 15 is 0 Å². The van der Waals surface area contributed by atoms with E-state index in [-0.39, 0.29) is 5.91 Å². The second-order valence-electron chi connectivity index (χ2n) is 6.78. The largest absolute Gasteiger partial charge is 0.370 e. The summed E-state index contributed by atoms with van der Waals surface area (Å²) in [5.41, 5.74) is 3.43. The van der Waals surface area contributed by atoms with Crippen LogP contribution >= 0.6 is 11.3 Å². The van der Waals surface area contributed by atoms with Crippen molar-refractivity contribution in [1.29, 1.82) is 0 Å². The third-order valence-corrected chi connectivity index (χ3v) is 6.03. The van der Waals surface area contributed by atoms with E-state index in [0.717, 1.165) is 56.5 Å². The number of aromatic nitrogens is 1. The third kappa shape index (κ3) is 4.19. The molecule has 0 radical (unpaired) electrons.